The molecular formula is C19H21F3N4O2S. The summed E-state index contributed by atoms with van der Waals surface area (Å²) in [4.78, 5) is 21.5. The van der Waals surface area contributed by atoms with Crippen LogP contribution in [-0.4, -0.2) is 58.9 Å². The van der Waals surface area contributed by atoms with E-state index in [1.54, 1.807) is 0 Å². The zero-order valence-corrected chi connectivity index (χ0v) is 16.4. The van der Waals surface area contributed by atoms with Gasteiger partial charge in [0, 0.05) is 32.4 Å². The van der Waals surface area contributed by atoms with Crippen molar-refractivity contribution in [3.63, 3.8) is 0 Å². The van der Waals surface area contributed by atoms with Crippen LogP contribution in [0, 0.1) is 0 Å². The van der Waals surface area contributed by atoms with Crippen molar-refractivity contribution in [1.29, 1.82) is 0 Å². The topological polar surface area (TPSA) is 67.4 Å². The lowest BCUT2D eigenvalue weighted by atomic mass is 10.2. The third-order valence-corrected chi connectivity index (χ3v) is 5.12. The van der Waals surface area contributed by atoms with Crippen LogP contribution in [0.1, 0.15) is 11.3 Å². The number of nitrogens with zero attached hydrogens (tertiary/aromatic N) is 3. The first-order chi connectivity index (χ1) is 13.9. The Morgan fingerprint density at radius 1 is 1.28 bits per heavy atom. The normalized spacial score (nSPS) is 17.8. The number of carbonyl (C=O) groups excluding carboxylic acids is 1. The first-order valence-electron chi connectivity index (χ1n) is 9.08. The fourth-order valence-corrected chi connectivity index (χ4v) is 3.53. The molecule has 1 aromatic carbocycles. The molecule has 1 fully saturated rings. The maximum Gasteiger partial charge on any atom is 0.433 e. The number of rotatable bonds is 7. The predicted octanol–water partition coefficient (Wildman–Crippen LogP) is 2.60. The van der Waals surface area contributed by atoms with Gasteiger partial charge in [-0.15, -0.1) is 0 Å². The SMILES string of the molecule is O=C(CSc1nccc(C(F)(F)F)n1)NC[C@H]1CN(Cc2ccccc2)CCO1. The summed E-state index contributed by atoms with van der Waals surface area (Å²) in [6.45, 7) is 3.26. The van der Waals surface area contributed by atoms with E-state index in [-0.39, 0.29) is 22.9 Å². The van der Waals surface area contributed by atoms with Crippen LogP contribution in [0.3, 0.4) is 0 Å². The monoisotopic (exact) mass is 426 g/mol. The number of carbonyl (C=O) groups is 1. The quantitative estimate of drug-likeness (QED) is 0.542. The first-order valence-corrected chi connectivity index (χ1v) is 10.1. The van der Waals surface area contributed by atoms with Gasteiger partial charge in [0.1, 0.15) is 5.69 Å². The highest BCUT2D eigenvalue weighted by Crippen LogP contribution is 2.28. The molecule has 6 nitrogen and oxygen atoms in total. The van der Waals surface area contributed by atoms with Gasteiger partial charge in [-0.1, -0.05) is 42.1 Å². The number of halogens is 3. The van der Waals surface area contributed by atoms with Gasteiger partial charge in [0.15, 0.2) is 5.16 Å². The molecule has 0 spiro atoms. The van der Waals surface area contributed by atoms with Crippen molar-refractivity contribution in [2.24, 2.45) is 0 Å². The van der Waals surface area contributed by atoms with Crippen LogP contribution in [0.25, 0.3) is 0 Å². The van der Waals surface area contributed by atoms with Gasteiger partial charge in [-0.2, -0.15) is 13.2 Å². The Hall–Kier alpha value is -2.17. The molecule has 0 saturated carbocycles. The standard InChI is InChI=1S/C19H21F3N4O2S/c20-19(21,22)16-6-7-23-18(25-16)29-13-17(27)24-10-15-12-26(8-9-28-15)11-14-4-2-1-3-5-14/h1-7,15H,8-13H2,(H,24,27)/t15-/m0/s1. The summed E-state index contributed by atoms with van der Waals surface area (Å²) in [5.41, 5.74) is 0.194. The number of thioether (sulfide) groups is 1. The molecule has 2 aromatic rings. The van der Waals surface area contributed by atoms with E-state index in [0.29, 0.717) is 19.7 Å². The number of amides is 1. The van der Waals surface area contributed by atoms with E-state index in [9.17, 15) is 18.0 Å². The van der Waals surface area contributed by atoms with Gasteiger partial charge in [-0.05, 0) is 11.6 Å². The van der Waals surface area contributed by atoms with Crippen molar-refractivity contribution in [1.82, 2.24) is 20.2 Å². The zero-order valence-electron chi connectivity index (χ0n) is 15.6. The predicted molar refractivity (Wildman–Crippen MR) is 102 cm³/mol. The summed E-state index contributed by atoms with van der Waals surface area (Å²) >= 11 is 0.862. The van der Waals surface area contributed by atoms with Crippen LogP contribution in [0.2, 0.25) is 0 Å². The van der Waals surface area contributed by atoms with Crippen molar-refractivity contribution in [2.45, 2.75) is 24.0 Å². The van der Waals surface area contributed by atoms with Gasteiger partial charge in [0.2, 0.25) is 5.91 Å². The van der Waals surface area contributed by atoms with E-state index >= 15 is 0 Å². The summed E-state index contributed by atoms with van der Waals surface area (Å²) in [7, 11) is 0. The van der Waals surface area contributed by atoms with Crippen molar-refractivity contribution in [3.05, 3.63) is 53.9 Å². The number of ether oxygens (including phenoxy) is 1. The van der Waals surface area contributed by atoms with E-state index in [1.165, 1.54) is 5.56 Å². The molecule has 0 aliphatic carbocycles. The molecule has 1 aliphatic rings. The number of morpholine rings is 1. The molecule has 3 rings (SSSR count). The molecular weight excluding hydrogens is 405 g/mol. The van der Waals surface area contributed by atoms with Crippen LogP contribution in [0.4, 0.5) is 13.2 Å². The smallest absolute Gasteiger partial charge is 0.374 e. The molecule has 0 bridgehead atoms. The fraction of sp³-hybridized carbons (Fsp3) is 0.421. The molecule has 0 unspecified atom stereocenters. The number of aromatic nitrogens is 2. The van der Waals surface area contributed by atoms with Gasteiger partial charge in [-0.3, -0.25) is 9.69 Å². The lowest BCUT2D eigenvalue weighted by molar-refractivity contribution is -0.141. The Balaban J connectivity index is 1.41. The molecule has 2 heterocycles. The van der Waals surface area contributed by atoms with E-state index in [0.717, 1.165) is 37.1 Å². The van der Waals surface area contributed by atoms with Crippen molar-refractivity contribution in [3.8, 4) is 0 Å². The number of benzene rings is 1. The minimum atomic E-state index is -4.54. The minimum absolute atomic E-state index is 0.0677. The molecule has 1 atom stereocenters. The summed E-state index contributed by atoms with van der Waals surface area (Å²) in [5, 5.41) is 2.68. The molecule has 1 N–H and O–H groups in total. The molecule has 1 amide bonds. The van der Waals surface area contributed by atoms with Gasteiger partial charge < -0.3 is 10.1 Å². The van der Waals surface area contributed by atoms with Crippen molar-refractivity contribution >= 4 is 17.7 Å². The molecule has 0 radical (unpaired) electrons. The lowest BCUT2D eigenvalue weighted by Crippen LogP contribution is -2.47. The maximum absolute atomic E-state index is 12.7. The maximum atomic E-state index is 12.7. The van der Waals surface area contributed by atoms with E-state index < -0.39 is 11.9 Å². The zero-order chi connectivity index (χ0) is 20.7. The second-order valence-corrected chi connectivity index (χ2v) is 7.47. The van der Waals surface area contributed by atoms with Crippen LogP contribution in [-0.2, 0) is 22.3 Å². The second kappa shape index (κ2) is 10.0. The van der Waals surface area contributed by atoms with Crippen LogP contribution in [0.15, 0.2) is 47.8 Å². The average Bonchev–Trinajstić information content (AvgIpc) is 2.71. The van der Waals surface area contributed by atoms with E-state index in [1.807, 2.05) is 18.2 Å². The molecule has 1 aromatic heterocycles. The van der Waals surface area contributed by atoms with Gasteiger partial charge in [0.05, 0.1) is 18.5 Å². The number of nitrogens with one attached hydrogen (secondary N) is 1. The van der Waals surface area contributed by atoms with E-state index in [2.05, 4.69) is 32.3 Å². The highest BCUT2D eigenvalue weighted by atomic mass is 32.2. The van der Waals surface area contributed by atoms with E-state index in [4.69, 9.17) is 4.74 Å². The van der Waals surface area contributed by atoms with Crippen LogP contribution < -0.4 is 5.32 Å². The number of hydrogen-bond acceptors (Lipinski definition) is 6. The Morgan fingerprint density at radius 2 is 2.07 bits per heavy atom. The van der Waals surface area contributed by atoms with Gasteiger partial charge in [0.25, 0.3) is 0 Å². The van der Waals surface area contributed by atoms with Gasteiger partial charge in [-0.25, -0.2) is 9.97 Å². The summed E-state index contributed by atoms with van der Waals surface area (Å²) in [5.74, 6) is -0.373. The number of hydrogen-bond donors (Lipinski definition) is 1. The third kappa shape index (κ3) is 6.98. The van der Waals surface area contributed by atoms with Crippen LogP contribution in [0.5, 0.6) is 0 Å². The third-order valence-electron chi connectivity index (χ3n) is 4.26. The highest BCUT2D eigenvalue weighted by Gasteiger charge is 2.32. The molecule has 29 heavy (non-hydrogen) atoms. The largest absolute Gasteiger partial charge is 0.433 e. The molecule has 10 heteroatoms. The summed E-state index contributed by atoms with van der Waals surface area (Å²) in [6.07, 6.45) is -3.64. The Labute approximate surface area is 170 Å². The number of alkyl halides is 3. The lowest BCUT2D eigenvalue weighted by Gasteiger charge is -2.33. The van der Waals surface area contributed by atoms with Gasteiger partial charge >= 0.3 is 6.18 Å². The molecule has 156 valence electrons. The summed E-state index contributed by atoms with van der Waals surface area (Å²) < 4.78 is 43.7. The second-order valence-electron chi connectivity index (χ2n) is 6.53. The average molecular weight is 426 g/mol. The van der Waals surface area contributed by atoms with Crippen LogP contribution >= 0.6 is 11.8 Å². The highest BCUT2D eigenvalue weighted by molar-refractivity contribution is 7.99. The Kier molecular flexibility index (Phi) is 7.45. The molecule has 1 saturated heterocycles. The van der Waals surface area contributed by atoms with Crippen molar-refractivity contribution in [2.75, 3.05) is 32.0 Å². The summed E-state index contributed by atoms with van der Waals surface area (Å²) in [6, 6.07) is 10.9. The Morgan fingerprint density at radius 3 is 2.83 bits per heavy atom. The minimum Gasteiger partial charge on any atom is -0.374 e. The van der Waals surface area contributed by atoms with Crippen molar-refractivity contribution < 1.29 is 22.7 Å². The Bertz CT molecular complexity index is 808. The first kappa shape index (κ1) is 21.5. The molecule has 1 aliphatic heterocycles. The fourth-order valence-electron chi connectivity index (χ4n) is 2.87.